The number of rotatable bonds is 5. The van der Waals surface area contributed by atoms with E-state index in [1.54, 1.807) is 18.2 Å². The molecule has 0 atom stereocenters. The van der Waals surface area contributed by atoms with Crippen molar-refractivity contribution in [1.29, 1.82) is 0 Å². The molecule has 0 heterocycles. The fraction of sp³-hybridized carbons (Fsp3) is 0.222. The molecule has 0 bridgehead atoms. The minimum atomic E-state index is -3.52. The van der Waals surface area contributed by atoms with E-state index in [-0.39, 0.29) is 18.0 Å². The van der Waals surface area contributed by atoms with Crippen molar-refractivity contribution in [2.24, 2.45) is 0 Å². The van der Waals surface area contributed by atoms with Gasteiger partial charge in [-0.2, -0.15) is 0 Å². The zero-order valence-corrected chi connectivity index (χ0v) is 9.25. The van der Waals surface area contributed by atoms with E-state index in [0.29, 0.717) is 0 Å². The highest BCUT2D eigenvalue weighted by Gasteiger charge is 2.11. The smallest absolute Gasteiger partial charge is 0.333 e. The quantitative estimate of drug-likeness (QED) is 0.708. The summed E-state index contributed by atoms with van der Waals surface area (Å²) in [4.78, 5) is 10.4. The maximum absolute atomic E-state index is 11.6. The summed E-state index contributed by atoms with van der Waals surface area (Å²) in [5.74, 6) is 0. The van der Waals surface area contributed by atoms with Crippen LogP contribution >= 0.6 is 0 Å². The highest BCUT2D eigenvalue weighted by Crippen LogP contribution is 2.05. The van der Waals surface area contributed by atoms with Gasteiger partial charge in [-0.1, -0.05) is 18.2 Å². The lowest BCUT2D eigenvalue weighted by Gasteiger charge is -2.06. The Hall–Kier alpha value is -1.60. The van der Waals surface area contributed by atoms with Crippen molar-refractivity contribution in [3.63, 3.8) is 0 Å². The number of urea groups is 1. The molecule has 0 aromatic heterocycles. The predicted molar refractivity (Wildman–Crippen MR) is 58.1 cm³/mol. The summed E-state index contributed by atoms with van der Waals surface area (Å²) >= 11 is 0. The van der Waals surface area contributed by atoms with Crippen LogP contribution in [0.2, 0.25) is 0 Å². The molecule has 1 radical (unpaired) electrons. The molecule has 6 nitrogen and oxygen atoms in total. The van der Waals surface area contributed by atoms with E-state index >= 15 is 0 Å². The molecule has 0 saturated carbocycles. The lowest BCUT2D eigenvalue weighted by molar-refractivity contribution is 0.248. The topological polar surface area (TPSA) is 99.1 Å². The summed E-state index contributed by atoms with van der Waals surface area (Å²) in [6, 6.07) is 7.00. The molecule has 3 N–H and O–H groups in total. The van der Waals surface area contributed by atoms with Gasteiger partial charge in [0, 0.05) is 13.1 Å². The first kappa shape index (κ1) is 12.5. The summed E-state index contributed by atoms with van der Waals surface area (Å²) in [7, 11) is -3.52. The second-order valence-electron chi connectivity index (χ2n) is 2.97. The number of hydrogen-bond acceptors (Lipinski definition) is 3. The third-order valence-corrected chi connectivity index (χ3v) is 3.23. The van der Waals surface area contributed by atoms with Crippen molar-refractivity contribution >= 4 is 16.1 Å². The Labute approximate surface area is 93.9 Å². The monoisotopic (exact) mass is 242 g/mol. The SMILES string of the molecule is [NH]C(=O)NCCNS(=O)(=O)c1ccccc1. The number of nitrogens with one attached hydrogen (secondary N) is 3. The Kier molecular flexibility index (Phi) is 4.27. The second-order valence-corrected chi connectivity index (χ2v) is 4.73. The van der Waals surface area contributed by atoms with Crippen molar-refractivity contribution in [3.8, 4) is 0 Å². The molecule has 16 heavy (non-hydrogen) atoms. The lowest BCUT2D eigenvalue weighted by Crippen LogP contribution is -2.34. The highest BCUT2D eigenvalue weighted by molar-refractivity contribution is 7.89. The van der Waals surface area contributed by atoms with Crippen molar-refractivity contribution in [1.82, 2.24) is 15.8 Å². The molecule has 0 aliphatic heterocycles. The van der Waals surface area contributed by atoms with Crippen LogP contribution in [0, 0.1) is 0 Å². The minimum Gasteiger partial charge on any atom is -0.335 e. The molecule has 7 heteroatoms. The normalized spacial score (nSPS) is 11.0. The van der Waals surface area contributed by atoms with Gasteiger partial charge in [0.05, 0.1) is 4.90 Å². The van der Waals surface area contributed by atoms with Gasteiger partial charge in [0.2, 0.25) is 10.0 Å². The van der Waals surface area contributed by atoms with Gasteiger partial charge in [-0.15, -0.1) is 0 Å². The summed E-state index contributed by atoms with van der Waals surface area (Å²) in [5.41, 5.74) is 6.55. The van der Waals surface area contributed by atoms with Gasteiger partial charge in [0.1, 0.15) is 0 Å². The van der Waals surface area contributed by atoms with Crippen LogP contribution < -0.4 is 15.8 Å². The molecule has 1 aromatic rings. The first-order valence-corrected chi connectivity index (χ1v) is 6.05. The Morgan fingerprint density at radius 1 is 1.19 bits per heavy atom. The van der Waals surface area contributed by atoms with Crippen LogP contribution in [-0.2, 0) is 10.0 Å². The highest BCUT2D eigenvalue weighted by atomic mass is 32.2. The largest absolute Gasteiger partial charge is 0.335 e. The first-order chi connectivity index (χ1) is 7.52. The third-order valence-electron chi connectivity index (χ3n) is 1.76. The van der Waals surface area contributed by atoms with Crippen LogP contribution in [0.3, 0.4) is 0 Å². The van der Waals surface area contributed by atoms with Gasteiger partial charge >= 0.3 is 6.03 Å². The van der Waals surface area contributed by atoms with Crippen LogP contribution in [-0.4, -0.2) is 27.5 Å². The summed E-state index contributed by atoms with van der Waals surface area (Å²) < 4.78 is 25.5. The molecule has 0 spiro atoms. The Morgan fingerprint density at radius 3 is 2.38 bits per heavy atom. The van der Waals surface area contributed by atoms with Gasteiger partial charge < -0.3 is 5.32 Å². The fourth-order valence-electron chi connectivity index (χ4n) is 1.04. The van der Waals surface area contributed by atoms with E-state index in [1.165, 1.54) is 12.1 Å². The molecule has 0 aliphatic rings. The predicted octanol–water partition coefficient (Wildman–Crippen LogP) is -0.0426. The molecule has 2 amide bonds. The van der Waals surface area contributed by atoms with Gasteiger partial charge in [0.25, 0.3) is 0 Å². The Balaban J connectivity index is 2.51. The van der Waals surface area contributed by atoms with Crippen LogP contribution in [0.4, 0.5) is 4.79 Å². The van der Waals surface area contributed by atoms with Crippen molar-refractivity contribution in [2.45, 2.75) is 4.90 Å². The standard InChI is InChI=1S/C9H12N3O3S/c10-9(13)11-6-7-12-16(14,15)8-4-2-1-3-5-8/h1-5,10,12H,6-7H2,(H,11,13). The molecule has 0 unspecified atom stereocenters. The van der Waals surface area contributed by atoms with Crippen molar-refractivity contribution in [3.05, 3.63) is 30.3 Å². The molecular formula is C9H12N3O3S. The summed E-state index contributed by atoms with van der Waals surface area (Å²) in [6.07, 6.45) is 0. The summed E-state index contributed by atoms with van der Waals surface area (Å²) in [5, 5.41) is 2.17. The van der Waals surface area contributed by atoms with Crippen LogP contribution in [0.25, 0.3) is 0 Å². The zero-order valence-electron chi connectivity index (χ0n) is 8.43. The van der Waals surface area contributed by atoms with Crippen LogP contribution in [0.15, 0.2) is 35.2 Å². The fourth-order valence-corrected chi connectivity index (χ4v) is 2.10. The van der Waals surface area contributed by atoms with Crippen LogP contribution in [0.1, 0.15) is 0 Å². The number of hydrogen-bond donors (Lipinski definition) is 2. The zero-order chi connectivity index (χ0) is 12.0. The van der Waals surface area contributed by atoms with E-state index in [2.05, 4.69) is 10.0 Å². The number of carbonyl (C=O) groups excluding carboxylic acids is 1. The van der Waals surface area contributed by atoms with E-state index in [1.807, 2.05) is 0 Å². The van der Waals surface area contributed by atoms with Crippen LogP contribution in [0.5, 0.6) is 0 Å². The van der Waals surface area contributed by atoms with Gasteiger partial charge in [-0.25, -0.2) is 23.7 Å². The average molecular weight is 242 g/mol. The van der Waals surface area contributed by atoms with E-state index in [0.717, 1.165) is 0 Å². The van der Waals surface area contributed by atoms with Crippen molar-refractivity contribution in [2.75, 3.05) is 13.1 Å². The molecule has 1 rings (SSSR count). The minimum absolute atomic E-state index is 0.0574. The molecular weight excluding hydrogens is 230 g/mol. The van der Waals surface area contributed by atoms with E-state index < -0.39 is 16.1 Å². The second kappa shape index (κ2) is 5.47. The molecule has 0 fully saturated rings. The Bertz CT molecular complexity index is 444. The molecule has 87 valence electrons. The van der Waals surface area contributed by atoms with Gasteiger partial charge in [-0.3, -0.25) is 0 Å². The number of carbonyl (C=O) groups is 1. The average Bonchev–Trinajstić information content (AvgIpc) is 2.26. The number of amides is 2. The lowest BCUT2D eigenvalue weighted by atomic mass is 10.4. The van der Waals surface area contributed by atoms with Gasteiger partial charge in [-0.05, 0) is 12.1 Å². The maximum atomic E-state index is 11.6. The van der Waals surface area contributed by atoms with E-state index in [9.17, 15) is 13.2 Å². The Morgan fingerprint density at radius 2 is 1.81 bits per heavy atom. The van der Waals surface area contributed by atoms with Gasteiger partial charge in [0.15, 0.2) is 0 Å². The maximum Gasteiger partial charge on any atom is 0.333 e. The third kappa shape index (κ3) is 3.87. The van der Waals surface area contributed by atoms with Crippen molar-refractivity contribution < 1.29 is 13.2 Å². The van der Waals surface area contributed by atoms with E-state index in [4.69, 9.17) is 5.73 Å². The molecule has 0 aliphatic carbocycles. The number of sulfonamides is 1. The summed E-state index contributed by atoms with van der Waals surface area (Å²) in [6.45, 7) is 0.149. The molecule has 1 aromatic carbocycles. The number of benzene rings is 1. The molecule has 0 saturated heterocycles. The first-order valence-electron chi connectivity index (χ1n) is 4.56.